The molecule has 0 radical (unpaired) electrons. The number of rotatable bonds is 1. The van der Waals surface area contributed by atoms with E-state index in [1.165, 1.54) is 26.2 Å². The van der Waals surface area contributed by atoms with E-state index in [0.29, 0.717) is 41.4 Å². The van der Waals surface area contributed by atoms with Gasteiger partial charge in [-0.25, -0.2) is 0 Å². The van der Waals surface area contributed by atoms with Crippen LogP contribution in [0.25, 0.3) is 0 Å². The summed E-state index contributed by atoms with van der Waals surface area (Å²) in [5.74, 6) is 3.11. The van der Waals surface area contributed by atoms with Gasteiger partial charge in [0.05, 0.1) is 18.8 Å². The van der Waals surface area contributed by atoms with Crippen LogP contribution in [0.15, 0.2) is 0 Å². The lowest BCUT2D eigenvalue weighted by Crippen LogP contribution is -2.59. The van der Waals surface area contributed by atoms with Crippen LogP contribution in [0.2, 0.25) is 0 Å². The Bertz CT molecular complexity index is 819. The minimum Gasteiger partial charge on any atom is -0.463 e. The second kappa shape index (κ2) is 7.92. The van der Waals surface area contributed by atoms with Gasteiger partial charge in [-0.1, -0.05) is 27.7 Å². The topological polar surface area (TPSA) is 65.0 Å². The Balaban J connectivity index is 1.24. The summed E-state index contributed by atoms with van der Waals surface area (Å²) in [7, 11) is 0. The number of aliphatic hydroxyl groups is 1. The number of carbonyl (C=O) groups excluding carboxylic acids is 1. The number of hydrogen-bond acceptors (Lipinski definition) is 5. The second-order valence-electron chi connectivity index (χ2n) is 13.8. The lowest BCUT2D eigenvalue weighted by Gasteiger charge is -2.62. The first-order valence-electron chi connectivity index (χ1n) is 14.3. The number of carbonyl (C=O) groups is 1. The normalized spacial score (nSPS) is 58.5. The molecule has 4 saturated carbocycles. The molecule has 0 bridgehead atoms. The summed E-state index contributed by atoms with van der Waals surface area (Å²) in [5.41, 5.74) is 0.162. The molecule has 13 atom stereocenters. The Kier molecular flexibility index (Phi) is 5.53. The van der Waals surface area contributed by atoms with Gasteiger partial charge >= 0.3 is 5.97 Å². The molecule has 0 unspecified atom stereocenters. The Morgan fingerprint density at radius 1 is 1.00 bits per heavy atom. The molecule has 4 aliphatic carbocycles. The molecule has 6 fully saturated rings. The highest BCUT2D eigenvalue weighted by molar-refractivity contribution is 5.66. The molecule has 0 aromatic heterocycles. The van der Waals surface area contributed by atoms with Gasteiger partial charge in [-0.15, -0.1) is 0 Å². The summed E-state index contributed by atoms with van der Waals surface area (Å²) in [5, 5.41) is 11.9. The van der Waals surface area contributed by atoms with E-state index < -0.39 is 5.79 Å². The van der Waals surface area contributed by atoms with Crippen molar-refractivity contribution in [3.05, 3.63) is 0 Å². The number of fused-ring (bicyclic) bond motifs is 7. The van der Waals surface area contributed by atoms with Gasteiger partial charge in [0.25, 0.3) is 0 Å². The zero-order valence-electron chi connectivity index (χ0n) is 21.9. The van der Waals surface area contributed by atoms with Crippen LogP contribution in [0.3, 0.4) is 0 Å². The molecule has 1 spiro atoms. The van der Waals surface area contributed by atoms with Crippen molar-refractivity contribution in [3.8, 4) is 0 Å². The quantitative estimate of drug-likeness (QED) is 0.520. The van der Waals surface area contributed by atoms with Gasteiger partial charge < -0.3 is 19.3 Å². The lowest BCUT2D eigenvalue weighted by molar-refractivity contribution is -0.274. The largest absolute Gasteiger partial charge is 0.463 e. The zero-order valence-corrected chi connectivity index (χ0v) is 21.9. The fraction of sp³-hybridized carbons (Fsp3) is 0.966. The molecule has 2 saturated heterocycles. The summed E-state index contributed by atoms with van der Waals surface area (Å²) in [6.07, 6.45) is 9.76. The van der Waals surface area contributed by atoms with Crippen LogP contribution in [0, 0.1) is 52.3 Å². The highest BCUT2D eigenvalue weighted by atomic mass is 16.7. The average molecular weight is 475 g/mol. The molecule has 6 rings (SSSR count). The van der Waals surface area contributed by atoms with Gasteiger partial charge in [-0.05, 0) is 86.4 Å². The van der Waals surface area contributed by atoms with Crippen molar-refractivity contribution in [2.24, 2.45) is 52.3 Å². The van der Waals surface area contributed by atoms with Gasteiger partial charge in [0.2, 0.25) is 0 Å². The van der Waals surface area contributed by atoms with Gasteiger partial charge in [0, 0.05) is 30.6 Å². The Morgan fingerprint density at radius 3 is 2.50 bits per heavy atom. The standard InChI is InChI=1S/C29H46O5/c1-16-8-11-29(32-15-16)17(2)26-24(34-29)13-23-21-7-6-19-12-20(33-18(3)30)9-10-27(19,4)22(21)14-25(31)28(23,26)5/h16-17,19-26,31H,6-15H2,1-5H3/t16-,17-,19-,20+,21-,22+,23+,24-,25-,26-,27-,28-,29+/m0/s1. The number of hydrogen-bond donors (Lipinski definition) is 1. The van der Waals surface area contributed by atoms with E-state index in [1.807, 2.05) is 0 Å². The minimum atomic E-state index is -0.425. The first kappa shape index (κ1) is 23.7. The molecule has 0 aromatic rings. The van der Waals surface area contributed by atoms with Crippen LogP contribution < -0.4 is 0 Å². The van der Waals surface area contributed by atoms with E-state index in [4.69, 9.17) is 14.2 Å². The molecule has 5 heteroatoms. The van der Waals surface area contributed by atoms with Crippen molar-refractivity contribution >= 4 is 5.97 Å². The third-order valence-corrected chi connectivity index (χ3v) is 12.3. The first-order chi connectivity index (χ1) is 16.1. The van der Waals surface area contributed by atoms with E-state index >= 15 is 0 Å². The Hall–Kier alpha value is -0.650. The van der Waals surface area contributed by atoms with Crippen LogP contribution in [0.1, 0.15) is 92.4 Å². The molecule has 1 N–H and O–H groups in total. The maximum atomic E-state index is 11.9. The molecule has 2 aliphatic heterocycles. The summed E-state index contributed by atoms with van der Waals surface area (Å²) in [6.45, 7) is 11.8. The van der Waals surface area contributed by atoms with Gasteiger partial charge in [-0.3, -0.25) is 4.79 Å². The van der Waals surface area contributed by atoms with Crippen LogP contribution >= 0.6 is 0 Å². The number of aliphatic hydroxyl groups excluding tert-OH is 1. The predicted molar refractivity (Wildman–Crippen MR) is 129 cm³/mol. The molecule has 34 heavy (non-hydrogen) atoms. The van der Waals surface area contributed by atoms with Crippen molar-refractivity contribution in [1.29, 1.82) is 0 Å². The highest BCUT2D eigenvalue weighted by Crippen LogP contribution is 2.71. The van der Waals surface area contributed by atoms with Gasteiger partial charge in [0.15, 0.2) is 5.79 Å². The van der Waals surface area contributed by atoms with E-state index in [1.54, 1.807) is 0 Å². The summed E-state index contributed by atoms with van der Waals surface area (Å²) in [6, 6.07) is 0. The van der Waals surface area contributed by atoms with E-state index in [0.717, 1.165) is 45.1 Å². The van der Waals surface area contributed by atoms with Crippen LogP contribution in [0.5, 0.6) is 0 Å². The van der Waals surface area contributed by atoms with Crippen molar-refractivity contribution < 1.29 is 24.1 Å². The molecular formula is C29H46O5. The number of esters is 1. The Labute approximate surface area is 205 Å². The van der Waals surface area contributed by atoms with E-state index in [9.17, 15) is 9.90 Å². The van der Waals surface area contributed by atoms with Crippen molar-refractivity contribution in [2.75, 3.05) is 6.61 Å². The fourth-order valence-corrected chi connectivity index (χ4v) is 10.5. The summed E-state index contributed by atoms with van der Waals surface area (Å²) < 4.78 is 18.9. The highest BCUT2D eigenvalue weighted by Gasteiger charge is 2.71. The van der Waals surface area contributed by atoms with Crippen LogP contribution in [0.4, 0.5) is 0 Å². The Morgan fingerprint density at radius 2 is 1.79 bits per heavy atom. The first-order valence-corrected chi connectivity index (χ1v) is 14.3. The average Bonchev–Trinajstić information content (AvgIpc) is 3.23. The molecule has 6 aliphatic rings. The molecule has 0 aromatic carbocycles. The second-order valence-corrected chi connectivity index (χ2v) is 13.8. The maximum Gasteiger partial charge on any atom is 0.302 e. The van der Waals surface area contributed by atoms with Crippen molar-refractivity contribution in [2.45, 2.75) is 117 Å². The minimum absolute atomic E-state index is 0.0837. The summed E-state index contributed by atoms with van der Waals surface area (Å²) >= 11 is 0. The predicted octanol–water partition coefficient (Wildman–Crippen LogP) is 5.34. The van der Waals surface area contributed by atoms with Crippen LogP contribution in [-0.2, 0) is 19.0 Å². The lowest BCUT2D eigenvalue weighted by atomic mass is 9.43. The SMILES string of the molecule is CC(=O)O[C@@H]1CC[C@@]2(C)[C@@H](CC[C@H]3[C@H]2C[C@H](O)[C@@]2(C)[C@@H]4[C@H](C[C@H]32)O[C@]2(CC[C@H](C)CO2)[C@H]4C)C1. The molecule has 0 amide bonds. The third-order valence-electron chi connectivity index (χ3n) is 12.3. The fourth-order valence-electron chi connectivity index (χ4n) is 10.5. The van der Waals surface area contributed by atoms with Crippen molar-refractivity contribution in [1.82, 2.24) is 0 Å². The zero-order chi connectivity index (χ0) is 24.0. The third kappa shape index (κ3) is 3.18. The summed E-state index contributed by atoms with van der Waals surface area (Å²) in [4.78, 5) is 11.6. The van der Waals surface area contributed by atoms with E-state index in [-0.39, 0.29) is 35.1 Å². The van der Waals surface area contributed by atoms with E-state index in [2.05, 4.69) is 27.7 Å². The van der Waals surface area contributed by atoms with Gasteiger partial charge in [0.1, 0.15) is 6.10 Å². The molecule has 5 nitrogen and oxygen atoms in total. The number of ether oxygens (including phenoxy) is 3. The monoisotopic (exact) mass is 474 g/mol. The molecular weight excluding hydrogens is 428 g/mol. The van der Waals surface area contributed by atoms with Gasteiger partial charge in [-0.2, -0.15) is 0 Å². The maximum absolute atomic E-state index is 11.9. The molecule has 192 valence electrons. The van der Waals surface area contributed by atoms with Crippen LogP contribution in [-0.4, -0.2) is 41.8 Å². The smallest absolute Gasteiger partial charge is 0.302 e. The molecule has 2 heterocycles. The van der Waals surface area contributed by atoms with Crippen molar-refractivity contribution in [3.63, 3.8) is 0 Å².